The first kappa shape index (κ1) is 15.9. The molecule has 0 aliphatic carbocycles. The number of hydrogen-bond donors (Lipinski definition) is 0. The minimum Gasteiger partial charge on any atom is -0.294 e. The number of aryl methyl sites for hydroxylation is 2. The molecule has 1 aliphatic rings. The lowest BCUT2D eigenvalue weighted by atomic mass is 10.1. The number of nitrogens with zero attached hydrogens (tertiary/aromatic N) is 6. The first-order chi connectivity index (χ1) is 10.5. The van der Waals surface area contributed by atoms with Crippen molar-refractivity contribution in [2.24, 2.45) is 0 Å². The van der Waals surface area contributed by atoms with Crippen molar-refractivity contribution in [1.29, 1.82) is 0 Å². The van der Waals surface area contributed by atoms with Crippen LogP contribution in [0.2, 0.25) is 0 Å². The van der Waals surface area contributed by atoms with E-state index in [1.807, 2.05) is 13.8 Å². The third-order valence-corrected chi connectivity index (χ3v) is 5.64. The molecule has 0 bridgehead atoms. The van der Waals surface area contributed by atoms with Gasteiger partial charge in [0, 0.05) is 25.2 Å². The molecule has 3 rings (SSSR count). The molecule has 2 aromatic heterocycles. The molecule has 1 fully saturated rings. The van der Waals surface area contributed by atoms with Gasteiger partial charge in [-0.25, -0.2) is 0 Å². The molecule has 0 amide bonds. The molecule has 1 aliphatic heterocycles. The maximum absolute atomic E-state index is 4.26. The smallest absolute Gasteiger partial charge is 0.131 e. The molecule has 0 aromatic carbocycles. The Morgan fingerprint density at radius 3 is 1.82 bits per heavy atom. The topological polar surface area (TPSA) is 58.0 Å². The summed E-state index contributed by atoms with van der Waals surface area (Å²) in [5, 5.41) is 21.1. The van der Waals surface area contributed by atoms with E-state index >= 15 is 0 Å². The quantitative estimate of drug-likeness (QED) is 0.851. The Balaban J connectivity index is 1.61. The predicted octanol–water partition coefficient (Wildman–Crippen LogP) is 2.10. The van der Waals surface area contributed by atoms with Crippen molar-refractivity contribution in [3.8, 4) is 0 Å². The van der Waals surface area contributed by atoms with Crippen molar-refractivity contribution in [2.45, 2.75) is 52.9 Å². The van der Waals surface area contributed by atoms with E-state index in [4.69, 9.17) is 0 Å². The molecule has 8 heteroatoms. The molecule has 1 saturated heterocycles. The SMILES string of the molecule is Cc1nnc(CN2C[C@@H](C)N(Cc3nnc(C)s3)[C@@H](C)C2)s1. The van der Waals surface area contributed by atoms with Crippen LogP contribution >= 0.6 is 22.7 Å². The summed E-state index contributed by atoms with van der Waals surface area (Å²) < 4.78 is 0. The van der Waals surface area contributed by atoms with Crippen molar-refractivity contribution in [3.05, 3.63) is 20.0 Å². The predicted molar refractivity (Wildman–Crippen MR) is 89.0 cm³/mol. The summed E-state index contributed by atoms with van der Waals surface area (Å²) >= 11 is 3.39. The zero-order valence-electron chi connectivity index (χ0n) is 13.5. The lowest BCUT2D eigenvalue weighted by Gasteiger charge is -2.43. The molecule has 3 heterocycles. The molecule has 120 valence electrons. The summed E-state index contributed by atoms with van der Waals surface area (Å²) in [5.41, 5.74) is 0. The Bertz CT molecular complexity index is 612. The summed E-state index contributed by atoms with van der Waals surface area (Å²) in [6.07, 6.45) is 0. The van der Waals surface area contributed by atoms with Crippen LogP contribution in [0.5, 0.6) is 0 Å². The number of hydrogen-bond acceptors (Lipinski definition) is 8. The second-order valence-corrected chi connectivity index (χ2v) is 8.53. The van der Waals surface area contributed by atoms with Gasteiger partial charge >= 0.3 is 0 Å². The van der Waals surface area contributed by atoms with Crippen LogP contribution < -0.4 is 0 Å². The first-order valence-corrected chi connectivity index (χ1v) is 9.20. The molecular weight excluding hydrogens is 316 g/mol. The van der Waals surface area contributed by atoms with Gasteiger partial charge in [-0.15, -0.1) is 43.1 Å². The zero-order valence-corrected chi connectivity index (χ0v) is 15.1. The van der Waals surface area contributed by atoms with Crippen LogP contribution in [-0.4, -0.2) is 55.4 Å². The summed E-state index contributed by atoms with van der Waals surface area (Å²) in [4.78, 5) is 5.01. The molecule has 0 N–H and O–H groups in total. The molecular formula is C14H22N6S2. The van der Waals surface area contributed by atoms with Crippen molar-refractivity contribution < 1.29 is 0 Å². The summed E-state index contributed by atoms with van der Waals surface area (Å²) in [6.45, 7) is 12.5. The van der Waals surface area contributed by atoms with Gasteiger partial charge in [0.15, 0.2) is 0 Å². The highest BCUT2D eigenvalue weighted by atomic mass is 32.1. The average molecular weight is 339 g/mol. The minimum atomic E-state index is 0.502. The third kappa shape index (κ3) is 3.68. The maximum atomic E-state index is 4.26. The maximum Gasteiger partial charge on any atom is 0.131 e. The lowest BCUT2D eigenvalue weighted by molar-refractivity contribution is 0.0287. The van der Waals surface area contributed by atoms with E-state index in [9.17, 15) is 0 Å². The van der Waals surface area contributed by atoms with Gasteiger partial charge in [-0.3, -0.25) is 9.80 Å². The van der Waals surface area contributed by atoms with Gasteiger partial charge in [-0.1, -0.05) is 0 Å². The molecule has 22 heavy (non-hydrogen) atoms. The van der Waals surface area contributed by atoms with E-state index in [1.54, 1.807) is 22.7 Å². The van der Waals surface area contributed by atoms with Crippen molar-refractivity contribution in [2.75, 3.05) is 13.1 Å². The lowest BCUT2D eigenvalue weighted by Crippen LogP contribution is -2.55. The highest BCUT2D eigenvalue weighted by Crippen LogP contribution is 2.22. The summed E-state index contributed by atoms with van der Waals surface area (Å²) in [5.74, 6) is 0. The second kappa shape index (κ2) is 6.66. The normalized spacial score (nSPS) is 24.0. The molecule has 0 spiro atoms. The van der Waals surface area contributed by atoms with Gasteiger partial charge < -0.3 is 0 Å². The van der Waals surface area contributed by atoms with Crippen molar-refractivity contribution in [3.63, 3.8) is 0 Å². The Kier molecular flexibility index (Phi) is 4.82. The first-order valence-electron chi connectivity index (χ1n) is 7.57. The molecule has 2 aromatic rings. The third-order valence-electron chi connectivity index (χ3n) is 3.99. The van der Waals surface area contributed by atoms with Gasteiger partial charge in [0.2, 0.25) is 0 Å². The van der Waals surface area contributed by atoms with Gasteiger partial charge in [-0.05, 0) is 27.7 Å². The fourth-order valence-electron chi connectivity index (χ4n) is 3.06. The fourth-order valence-corrected chi connectivity index (χ4v) is 4.53. The molecule has 0 saturated carbocycles. The van der Waals surface area contributed by atoms with Crippen LogP contribution in [0.25, 0.3) is 0 Å². The second-order valence-electron chi connectivity index (χ2n) is 5.99. The van der Waals surface area contributed by atoms with E-state index < -0.39 is 0 Å². The van der Waals surface area contributed by atoms with Gasteiger partial charge in [-0.2, -0.15) is 0 Å². The molecule has 6 nitrogen and oxygen atoms in total. The van der Waals surface area contributed by atoms with Crippen LogP contribution in [0.3, 0.4) is 0 Å². The van der Waals surface area contributed by atoms with E-state index in [1.165, 1.54) is 0 Å². The van der Waals surface area contributed by atoms with Gasteiger partial charge in [0.05, 0.1) is 13.1 Å². The van der Waals surface area contributed by atoms with Crippen LogP contribution in [0, 0.1) is 13.8 Å². The van der Waals surface area contributed by atoms with Gasteiger partial charge in [0.25, 0.3) is 0 Å². The number of rotatable bonds is 4. The van der Waals surface area contributed by atoms with E-state index in [0.717, 1.165) is 46.2 Å². The Morgan fingerprint density at radius 2 is 1.36 bits per heavy atom. The van der Waals surface area contributed by atoms with E-state index in [2.05, 4.69) is 44.0 Å². The van der Waals surface area contributed by atoms with Crippen molar-refractivity contribution >= 4 is 22.7 Å². The van der Waals surface area contributed by atoms with Crippen molar-refractivity contribution in [1.82, 2.24) is 30.2 Å². The van der Waals surface area contributed by atoms with E-state index in [-0.39, 0.29) is 0 Å². The largest absolute Gasteiger partial charge is 0.294 e. The average Bonchev–Trinajstić information content (AvgIpc) is 3.03. The zero-order chi connectivity index (χ0) is 15.7. The van der Waals surface area contributed by atoms with Crippen LogP contribution in [-0.2, 0) is 13.1 Å². The minimum absolute atomic E-state index is 0.502. The van der Waals surface area contributed by atoms with E-state index in [0.29, 0.717) is 12.1 Å². The fraction of sp³-hybridized carbons (Fsp3) is 0.714. The summed E-state index contributed by atoms with van der Waals surface area (Å²) in [7, 11) is 0. The molecule has 0 unspecified atom stereocenters. The molecule has 0 radical (unpaired) electrons. The highest BCUT2D eigenvalue weighted by Gasteiger charge is 2.30. The van der Waals surface area contributed by atoms with Crippen LogP contribution in [0.1, 0.15) is 33.9 Å². The Morgan fingerprint density at radius 1 is 0.864 bits per heavy atom. The standard InChI is InChI=1S/C14H22N6S2/c1-9-5-19(7-13-17-15-11(3)21-13)6-10(2)20(9)8-14-18-16-12(4)22-14/h9-10H,5-8H2,1-4H3/t9-,10+. The number of aromatic nitrogens is 4. The number of piperazine rings is 1. The van der Waals surface area contributed by atoms with Crippen LogP contribution in [0.15, 0.2) is 0 Å². The molecule has 2 atom stereocenters. The summed E-state index contributed by atoms with van der Waals surface area (Å²) in [6, 6.07) is 1.00. The Labute approximate surface area is 139 Å². The monoisotopic (exact) mass is 338 g/mol. The van der Waals surface area contributed by atoms with Gasteiger partial charge in [0.1, 0.15) is 20.0 Å². The Hall–Kier alpha value is -0.960. The highest BCUT2D eigenvalue weighted by molar-refractivity contribution is 7.11. The van der Waals surface area contributed by atoms with Crippen LogP contribution in [0.4, 0.5) is 0 Å².